The summed E-state index contributed by atoms with van der Waals surface area (Å²) < 4.78 is 5.74. The van der Waals surface area contributed by atoms with Gasteiger partial charge in [0.05, 0.1) is 11.2 Å². The summed E-state index contributed by atoms with van der Waals surface area (Å²) in [5.41, 5.74) is 8.64. The lowest BCUT2D eigenvalue weighted by Gasteiger charge is -2.07. The van der Waals surface area contributed by atoms with Crippen molar-refractivity contribution < 1.29 is 14.6 Å². The first-order valence-electron chi connectivity index (χ1n) is 7.74. The Balaban J connectivity index is 1.73. The number of anilines is 1. The molecular weight excluding hydrogens is 318 g/mol. The van der Waals surface area contributed by atoms with Crippen LogP contribution in [0.3, 0.4) is 0 Å². The molecule has 0 saturated heterocycles. The maximum Gasteiger partial charge on any atom is 0.354 e. The van der Waals surface area contributed by atoms with Gasteiger partial charge in [-0.05, 0) is 23.8 Å². The fraction of sp³-hybridized carbons (Fsp3) is 0.0526. The lowest BCUT2D eigenvalue weighted by molar-refractivity contribution is 0.0692. The molecule has 0 spiro atoms. The van der Waals surface area contributed by atoms with Gasteiger partial charge in [-0.1, -0.05) is 30.3 Å². The molecule has 2 aromatic heterocycles. The van der Waals surface area contributed by atoms with E-state index < -0.39 is 5.97 Å². The molecule has 0 aliphatic rings. The Morgan fingerprint density at radius 2 is 1.92 bits per heavy atom. The van der Waals surface area contributed by atoms with E-state index in [1.165, 1.54) is 0 Å². The predicted molar refractivity (Wildman–Crippen MR) is 95.7 cm³/mol. The van der Waals surface area contributed by atoms with Gasteiger partial charge in [0.15, 0.2) is 0 Å². The largest absolute Gasteiger partial charge is 0.477 e. The lowest BCUT2D eigenvalue weighted by Crippen LogP contribution is -2.00. The Labute approximate surface area is 142 Å². The van der Waals surface area contributed by atoms with Crippen molar-refractivity contribution in [2.45, 2.75) is 6.61 Å². The van der Waals surface area contributed by atoms with Gasteiger partial charge in [0, 0.05) is 22.4 Å². The summed E-state index contributed by atoms with van der Waals surface area (Å²) in [6.07, 6.45) is 0. The zero-order valence-electron chi connectivity index (χ0n) is 13.2. The summed E-state index contributed by atoms with van der Waals surface area (Å²) in [5.74, 6) is -0.583. The minimum Gasteiger partial charge on any atom is -0.477 e. The maximum absolute atomic E-state index is 11.3. The van der Waals surface area contributed by atoms with Gasteiger partial charge in [0.1, 0.15) is 12.3 Å². The minimum absolute atomic E-state index is 0.00750. The molecule has 25 heavy (non-hydrogen) atoms. The average Bonchev–Trinajstić information content (AvgIpc) is 2.98. The molecule has 4 rings (SSSR count). The Morgan fingerprint density at radius 1 is 1.12 bits per heavy atom. The second kappa shape index (κ2) is 5.83. The van der Waals surface area contributed by atoms with Crippen LogP contribution in [0.25, 0.3) is 21.8 Å². The third-order valence-electron chi connectivity index (χ3n) is 4.09. The molecule has 0 unspecified atom stereocenters. The zero-order chi connectivity index (χ0) is 17.4. The van der Waals surface area contributed by atoms with E-state index in [1.807, 2.05) is 42.5 Å². The monoisotopic (exact) mass is 333 g/mol. The number of rotatable bonds is 4. The number of nitrogens with zero attached hydrogens (tertiary/aromatic N) is 1. The van der Waals surface area contributed by atoms with Crippen molar-refractivity contribution in [2.24, 2.45) is 0 Å². The number of pyridine rings is 1. The average molecular weight is 333 g/mol. The lowest BCUT2D eigenvalue weighted by atomic mass is 10.1. The van der Waals surface area contributed by atoms with Gasteiger partial charge in [-0.2, -0.15) is 0 Å². The van der Waals surface area contributed by atoms with Gasteiger partial charge in [-0.3, -0.25) is 0 Å². The van der Waals surface area contributed by atoms with Crippen LogP contribution in [0, 0.1) is 0 Å². The second-order valence-electron chi connectivity index (χ2n) is 5.70. The van der Waals surface area contributed by atoms with Crippen molar-refractivity contribution in [1.82, 2.24) is 9.97 Å². The summed E-state index contributed by atoms with van der Waals surface area (Å²) in [6.45, 7) is 0.428. The first kappa shape index (κ1) is 15.0. The summed E-state index contributed by atoms with van der Waals surface area (Å²) >= 11 is 0. The number of nitrogens with two attached hydrogens (primary N) is 1. The van der Waals surface area contributed by atoms with Crippen molar-refractivity contribution in [3.63, 3.8) is 0 Å². The molecule has 6 nitrogen and oxygen atoms in total. The number of nitrogen functional groups attached to an aromatic ring is 1. The fourth-order valence-electron chi connectivity index (χ4n) is 2.89. The number of aromatic carboxylic acids is 1. The van der Waals surface area contributed by atoms with Crippen LogP contribution in [0.1, 0.15) is 16.1 Å². The molecule has 124 valence electrons. The normalized spacial score (nSPS) is 11.0. The number of hydrogen-bond acceptors (Lipinski definition) is 4. The Hall–Kier alpha value is -3.54. The molecule has 0 bridgehead atoms. The summed E-state index contributed by atoms with van der Waals surface area (Å²) in [6, 6.07) is 17.0. The highest BCUT2D eigenvalue weighted by Gasteiger charge is 2.17. The quantitative estimate of drug-likeness (QED) is 0.530. The van der Waals surface area contributed by atoms with Crippen molar-refractivity contribution >= 4 is 33.5 Å². The van der Waals surface area contributed by atoms with Crippen LogP contribution in [0.2, 0.25) is 0 Å². The van der Waals surface area contributed by atoms with Crippen molar-refractivity contribution in [3.8, 4) is 5.88 Å². The Kier molecular flexibility index (Phi) is 3.50. The molecule has 4 N–H and O–H groups in total. The number of carbonyl (C=O) groups is 1. The van der Waals surface area contributed by atoms with E-state index >= 15 is 0 Å². The van der Waals surface area contributed by atoms with E-state index in [4.69, 9.17) is 10.5 Å². The molecule has 6 heteroatoms. The number of aromatic amines is 1. The number of ether oxygens (including phenoxy) is 1. The molecule has 0 amide bonds. The van der Waals surface area contributed by atoms with E-state index in [1.54, 1.807) is 12.1 Å². The third-order valence-corrected chi connectivity index (χ3v) is 4.09. The number of aromatic nitrogens is 2. The molecule has 2 heterocycles. The molecule has 0 fully saturated rings. The van der Waals surface area contributed by atoms with Crippen LogP contribution >= 0.6 is 0 Å². The zero-order valence-corrected chi connectivity index (χ0v) is 13.2. The number of carboxylic acid groups (broad SMARTS) is 1. The van der Waals surface area contributed by atoms with Gasteiger partial charge in [-0.25, -0.2) is 9.78 Å². The van der Waals surface area contributed by atoms with Crippen LogP contribution in [0.4, 0.5) is 5.69 Å². The highest BCUT2D eigenvalue weighted by atomic mass is 16.5. The SMILES string of the molecule is Nc1c(C(=O)O)[nH]c2ccc3nc(OCc4ccccc4)ccc3c12. The van der Waals surface area contributed by atoms with Gasteiger partial charge in [0.25, 0.3) is 0 Å². The third kappa shape index (κ3) is 2.63. The predicted octanol–water partition coefficient (Wildman–Crippen LogP) is 3.58. The van der Waals surface area contributed by atoms with Gasteiger partial charge in [-0.15, -0.1) is 0 Å². The Bertz CT molecular complexity index is 1090. The van der Waals surface area contributed by atoms with Gasteiger partial charge < -0.3 is 20.6 Å². The molecule has 0 saturated carbocycles. The smallest absolute Gasteiger partial charge is 0.354 e. The molecule has 0 atom stereocenters. The minimum atomic E-state index is -1.09. The van der Waals surface area contributed by atoms with E-state index in [2.05, 4.69) is 9.97 Å². The number of hydrogen-bond donors (Lipinski definition) is 3. The summed E-state index contributed by atoms with van der Waals surface area (Å²) in [7, 11) is 0. The van der Waals surface area contributed by atoms with Gasteiger partial charge >= 0.3 is 5.97 Å². The molecule has 2 aromatic carbocycles. The number of nitrogens with one attached hydrogen (secondary N) is 1. The fourth-order valence-corrected chi connectivity index (χ4v) is 2.89. The van der Waals surface area contributed by atoms with Crippen molar-refractivity contribution in [2.75, 3.05) is 5.73 Å². The molecule has 0 aliphatic heterocycles. The van der Waals surface area contributed by atoms with E-state index in [-0.39, 0.29) is 11.4 Å². The first-order chi connectivity index (χ1) is 12.1. The molecule has 0 aliphatic carbocycles. The Morgan fingerprint density at radius 3 is 2.68 bits per heavy atom. The summed E-state index contributed by atoms with van der Waals surface area (Å²) in [5, 5.41) is 10.7. The molecule has 4 aromatic rings. The summed E-state index contributed by atoms with van der Waals surface area (Å²) in [4.78, 5) is 18.6. The van der Waals surface area contributed by atoms with Gasteiger partial charge in [0.2, 0.25) is 5.88 Å². The highest BCUT2D eigenvalue weighted by Crippen LogP contribution is 2.32. The number of benzene rings is 2. The standard InChI is InChI=1S/C19H15N3O3/c20-17-16-12-6-9-15(25-10-11-4-2-1-3-5-11)21-13(12)7-8-14(16)22-18(17)19(23)24/h1-9,22H,10,20H2,(H,23,24). The molecule has 0 radical (unpaired) electrons. The molecular formula is C19H15N3O3. The van der Waals surface area contributed by atoms with Crippen LogP contribution in [0.15, 0.2) is 54.6 Å². The van der Waals surface area contributed by atoms with E-state index in [0.29, 0.717) is 28.9 Å². The highest BCUT2D eigenvalue weighted by molar-refractivity contribution is 6.16. The number of fused-ring (bicyclic) bond motifs is 3. The van der Waals surface area contributed by atoms with E-state index in [9.17, 15) is 9.90 Å². The maximum atomic E-state index is 11.3. The number of carboxylic acids is 1. The second-order valence-corrected chi connectivity index (χ2v) is 5.70. The van der Waals surface area contributed by atoms with Crippen molar-refractivity contribution in [3.05, 3.63) is 65.9 Å². The van der Waals surface area contributed by atoms with Crippen molar-refractivity contribution in [1.29, 1.82) is 0 Å². The van der Waals surface area contributed by atoms with Crippen LogP contribution in [-0.4, -0.2) is 21.0 Å². The van der Waals surface area contributed by atoms with Crippen LogP contribution in [0.5, 0.6) is 5.88 Å². The van der Waals surface area contributed by atoms with Crippen LogP contribution in [-0.2, 0) is 6.61 Å². The number of H-pyrrole nitrogens is 1. The van der Waals surface area contributed by atoms with Crippen LogP contribution < -0.4 is 10.5 Å². The first-order valence-corrected chi connectivity index (χ1v) is 7.74. The van der Waals surface area contributed by atoms with E-state index in [0.717, 1.165) is 10.9 Å². The topological polar surface area (TPSA) is 101 Å².